The van der Waals surface area contributed by atoms with Crippen LogP contribution in [0, 0.1) is 10.8 Å². The second-order valence-electron chi connectivity index (χ2n) is 7.57. The first-order chi connectivity index (χ1) is 8.29. The molecule has 19 heavy (non-hydrogen) atoms. The average Bonchev–Trinajstić information content (AvgIpc) is 2.10. The molecule has 0 bridgehead atoms. The second kappa shape index (κ2) is 4.32. The number of amides is 4. The Hall–Kier alpha value is -1.39. The first-order valence-electron chi connectivity index (χ1n) is 6.49. The van der Waals surface area contributed by atoms with Gasteiger partial charge in [0, 0.05) is 5.54 Å². The Labute approximate surface area is 114 Å². The minimum absolute atomic E-state index is 0.0321. The van der Waals surface area contributed by atoms with Gasteiger partial charge in [-0.15, -0.1) is 0 Å². The van der Waals surface area contributed by atoms with Crippen LogP contribution < -0.4 is 5.32 Å². The van der Waals surface area contributed by atoms with Crippen molar-refractivity contribution < 1.29 is 14.4 Å². The molecule has 1 aliphatic heterocycles. The monoisotopic (exact) mass is 268 g/mol. The number of carbonyl (C=O) groups is 3. The number of rotatable bonds is 2. The van der Waals surface area contributed by atoms with Gasteiger partial charge in [-0.3, -0.25) is 19.8 Å². The van der Waals surface area contributed by atoms with Gasteiger partial charge in [0.2, 0.25) is 11.8 Å². The standard InChI is InChI=1S/C14H24N2O3/c1-12(2,3)8-13(4,5)16-10(18)14(6,7)9(17)15-11(16)19/h8H2,1-7H3,(H,15,17,19). The summed E-state index contributed by atoms with van der Waals surface area (Å²) < 4.78 is 0. The molecule has 1 heterocycles. The Bertz CT molecular complexity index is 430. The van der Waals surface area contributed by atoms with E-state index in [1.165, 1.54) is 18.7 Å². The van der Waals surface area contributed by atoms with Gasteiger partial charge in [-0.2, -0.15) is 0 Å². The van der Waals surface area contributed by atoms with Crippen molar-refractivity contribution >= 4 is 17.8 Å². The Morgan fingerprint density at radius 3 is 1.95 bits per heavy atom. The van der Waals surface area contributed by atoms with Crippen molar-refractivity contribution in [1.29, 1.82) is 0 Å². The molecular formula is C14H24N2O3. The molecule has 108 valence electrons. The molecule has 0 saturated carbocycles. The highest BCUT2D eigenvalue weighted by molar-refractivity contribution is 6.18. The van der Waals surface area contributed by atoms with Gasteiger partial charge in [0.05, 0.1) is 0 Å². The van der Waals surface area contributed by atoms with Crippen LogP contribution in [0.4, 0.5) is 4.79 Å². The van der Waals surface area contributed by atoms with Crippen LogP contribution in [0.3, 0.4) is 0 Å². The molecule has 5 nitrogen and oxygen atoms in total. The molecule has 0 aromatic carbocycles. The number of hydrogen-bond acceptors (Lipinski definition) is 3. The van der Waals surface area contributed by atoms with E-state index in [-0.39, 0.29) is 5.41 Å². The van der Waals surface area contributed by atoms with Crippen molar-refractivity contribution in [3.63, 3.8) is 0 Å². The number of nitrogens with zero attached hydrogens (tertiary/aromatic N) is 1. The van der Waals surface area contributed by atoms with Crippen molar-refractivity contribution in [3.8, 4) is 0 Å². The second-order valence-corrected chi connectivity index (χ2v) is 7.57. The van der Waals surface area contributed by atoms with E-state index in [4.69, 9.17) is 0 Å². The molecule has 5 heteroatoms. The van der Waals surface area contributed by atoms with E-state index in [1.807, 2.05) is 13.8 Å². The van der Waals surface area contributed by atoms with E-state index < -0.39 is 28.8 Å². The molecule has 1 aliphatic rings. The summed E-state index contributed by atoms with van der Waals surface area (Å²) in [5.41, 5.74) is -1.88. The number of imide groups is 2. The highest BCUT2D eigenvalue weighted by Gasteiger charge is 2.52. The molecule has 0 atom stereocenters. The zero-order valence-electron chi connectivity index (χ0n) is 12.9. The molecule has 0 unspecified atom stereocenters. The van der Waals surface area contributed by atoms with Crippen molar-refractivity contribution in [1.82, 2.24) is 10.2 Å². The van der Waals surface area contributed by atoms with Crippen LogP contribution in [0.15, 0.2) is 0 Å². The normalized spacial score (nSPS) is 20.6. The van der Waals surface area contributed by atoms with Crippen molar-refractivity contribution in [2.45, 2.75) is 60.4 Å². The fourth-order valence-corrected chi connectivity index (χ4v) is 2.70. The maximum Gasteiger partial charge on any atom is 0.331 e. The van der Waals surface area contributed by atoms with Gasteiger partial charge < -0.3 is 0 Å². The lowest BCUT2D eigenvalue weighted by Crippen LogP contribution is -2.67. The first-order valence-corrected chi connectivity index (χ1v) is 6.49. The molecule has 1 saturated heterocycles. The molecule has 0 aromatic heterocycles. The fourth-order valence-electron chi connectivity index (χ4n) is 2.70. The lowest BCUT2D eigenvalue weighted by molar-refractivity contribution is -0.153. The predicted octanol–water partition coefficient (Wildman–Crippen LogP) is 2.31. The lowest BCUT2D eigenvalue weighted by atomic mass is 9.78. The average molecular weight is 268 g/mol. The zero-order valence-corrected chi connectivity index (χ0v) is 12.9. The highest BCUT2D eigenvalue weighted by Crippen LogP contribution is 2.35. The van der Waals surface area contributed by atoms with Gasteiger partial charge in [0.15, 0.2) is 0 Å². The zero-order chi connectivity index (χ0) is 15.2. The number of hydrogen-bond donors (Lipinski definition) is 1. The summed E-state index contributed by atoms with van der Waals surface area (Å²) in [4.78, 5) is 37.4. The van der Waals surface area contributed by atoms with Crippen LogP contribution in [0.2, 0.25) is 0 Å². The summed E-state index contributed by atoms with van der Waals surface area (Å²) in [5, 5.41) is 2.27. The first kappa shape index (κ1) is 15.7. The van der Waals surface area contributed by atoms with Gasteiger partial charge in [0.1, 0.15) is 5.41 Å². The molecule has 0 radical (unpaired) electrons. The summed E-state index contributed by atoms with van der Waals surface area (Å²) >= 11 is 0. The maximum atomic E-state index is 12.4. The quantitative estimate of drug-likeness (QED) is 0.781. The smallest absolute Gasteiger partial charge is 0.277 e. The summed E-state index contributed by atoms with van der Waals surface area (Å²) in [6.07, 6.45) is 0.656. The SMILES string of the molecule is CC(C)(C)CC(C)(C)N1C(=O)NC(=O)C(C)(C)C1=O. The third-order valence-electron chi connectivity index (χ3n) is 3.30. The number of urea groups is 1. The third kappa shape index (κ3) is 2.96. The summed E-state index contributed by atoms with van der Waals surface area (Å²) in [7, 11) is 0. The Balaban J connectivity index is 3.14. The van der Waals surface area contributed by atoms with Gasteiger partial charge >= 0.3 is 6.03 Å². The van der Waals surface area contributed by atoms with Crippen LogP contribution in [0.25, 0.3) is 0 Å². The fraction of sp³-hybridized carbons (Fsp3) is 0.786. The molecule has 0 aliphatic carbocycles. The summed E-state index contributed by atoms with van der Waals surface area (Å²) in [5.74, 6) is -0.971. The Morgan fingerprint density at radius 2 is 1.53 bits per heavy atom. The molecular weight excluding hydrogens is 244 g/mol. The Morgan fingerprint density at radius 1 is 1.05 bits per heavy atom. The van der Waals surface area contributed by atoms with E-state index >= 15 is 0 Å². The van der Waals surface area contributed by atoms with Crippen LogP contribution in [-0.4, -0.2) is 28.3 Å². The van der Waals surface area contributed by atoms with E-state index in [0.717, 1.165) is 0 Å². The van der Waals surface area contributed by atoms with Gasteiger partial charge in [0.25, 0.3) is 0 Å². The van der Waals surface area contributed by atoms with E-state index in [1.54, 1.807) is 0 Å². The highest BCUT2D eigenvalue weighted by atomic mass is 16.2. The van der Waals surface area contributed by atoms with Crippen LogP contribution in [0.1, 0.15) is 54.9 Å². The van der Waals surface area contributed by atoms with Gasteiger partial charge in [-0.1, -0.05) is 20.8 Å². The molecule has 1 rings (SSSR count). The minimum atomic E-state index is -1.21. The molecule has 1 N–H and O–H groups in total. The van der Waals surface area contributed by atoms with Crippen molar-refractivity contribution in [3.05, 3.63) is 0 Å². The van der Waals surface area contributed by atoms with Crippen LogP contribution in [-0.2, 0) is 9.59 Å². The summed E-state index contributed by atoms with van der Waals surface area (Å²) in [6.45, 7) is 12.9. The maximum absolute atomic E-state index is 12.4. The third-order valence-corrected chi connectivity index (χ3v) is 3.30. The lowest BCUT2D eigenvalue weighted by Gasteiger charge is -2.45. The van der Waals surface area contributed by atoms with Gasteiger partial charge in [-0.25, -0.2) is 4.79 Å². The molecule has 0 spiro atoms. The Kier molecular flexibility index (Phi) is 3.56. The van der Waals surface area contributed by atoms with E-state index in [9.17, 15) is 14.4 Å². The number of nitrogens with one attached hydrogen (secondary N) is 1. The minimum Gasteiger partial charge on any atom is -0.277 e. The number of barbiturate groups is 1. The molecule has 4 amide bonds. The largest absolute Gasteiger partial charge is 0.331 e. The summed E-state index contributed by atoms with van der Waals surface area (Å²) in [6, 6.07) is -0.622. The van der Waals surface area contributed by atoms with Gasteiger partial charge in [-0.05, 0) is 39.5 Å². The number of carbonyl (C=O) groups excluding carboxylic acids is 3. The predicted molar refractivity (Wildman–Crippen MR) is 72.3 cm³/mol. The van der Waals surface area contributed by atoms with E-state index in [0.29, 0.717) is 6.42 Å². The van der Waals surface area contributed by atoms with Crippen LogP contribution in [0.5, 0.6) is 0 Å². The van der Waals surface area contributed by atoms with Crippen molar-refractivity contribution in [2.24, 2.45) is 10.8 Å². The van der Waals surface area contributed by atoms with E-state index in [2.05, 4.69) is 26.1 Å². The molecule has 0 aromatic rings. The van der Waals surface area contributed by atoms with Crippen molar-refractivity contribution in [2.75, 3.05) is 0 Å². The van der Waals surface area contributed by atoms with Crippen LogP contribution >= 0.6 is 0 Å². The topological polar surface area (TPSA) is 66.5 Å². The molecule has 1 fully saturated rings.